The fourth-order valence-corrected chi connectivity index (χ4v) is 3.91. The number of benzene rings is 2. The van der Waals surface area contributed by atoms with E-state index in [0.29, 0.717) is 16.7 Å². The van der Waals surface area contributed by atoms with Crippen molar-refractivity contribution in [1.82, 2.24) is 10.2 Å². The predicted molar refractivity (Wildman–Crippen MR) is 137 cm³/mol. The number of nitrogens with two attached hydrogens (primary N) is 2. The molecule has 0 radical (unpaired) electrons. The average molecular weight is 504 g/mol. The molecule has 0 saturated carbocycles. The van der Waals surface area contributed by atoms with Crippen molar-refractivity contribution in [2.45, 2.75) is 5.66 Å². The minimum absolute atomic E-state index is 0.0816. The van der Waals surface area contributed by atoms with E-state index >= 15 is 0 Å². The molecular formula is C23H30ClN7O4. The molecule has 2 aliphatic heterocycles. The maximum Gasteiger partial charge on any atom is 0.311 e. The molecule has 1 unspecified atom stereocenters. The Labute approximate surface area is 209 Å². The van der Waals surface area contributed by atoms with Crippen LogP contribution in [0.25, 0.3) is 0 Å². The minimum Gasteiger partial charge on any atom is -0.496 e. The predicted octanol–water partition coefficient (Wildman–Crippen LogP) is 2.25. The highest BCUT2D eigenvalue weighted by molar-refractivity contribution is 6.30. The van der Waals surface area contributed by atoms with Crippen LogP contribution in [0.1, 0.15) is 5.56 Å². The Hall–Kier alpha value is -3.54. The molecule has 1 atom stereocenters. The van der Waals surface area contributed by atoms with Gasteiger partial charge in [-0.2, -0.15) is 0 Å². The quantitative estimate of drug-likeness (QED) is 0.413. The van der Waals surface area contributed by atoms with Gasteiger partial charge in [0, 0.05) is 66.9 Å². The second-order valence-electron chi connectivity index (χ2n) is 8.05. The number of anilines is 1. The summed E-state index contributed by atoms with van der Waals surface area (Å²) in [4.78, 5) is 18.9. The van der Waals surface area contributed by atoms with E-state index in [4.69, 9.17) is 32.5 Å². The van der Waals surface area contributed by atoms with Crippen molar-refractivity contribution in [3.8, 4) is 11.5 Å². The lowest BCUT2D eigenvalue weighted by molar-refractivity contribution is -0.385. The molecule has 35 heavy (non-hydrogen) atoms. The molecule has 0 bridgehead atoms. The molecule has 11 nitrogen and oxygen atoms in total. The maximum atomic E-state index is 10.4. The number of nitrogens with one attached hydrogen (secondary N) is 1. The third kappa shape index (κ3) is 6.32. The molecule has 0 aliphatic carbocycles. The third-order valence-corrected chi connectivity index (χ3v) is 5.93. The van der Waals surface area contributed by atoms with E-state index in [1.807, 2.05) is 12.1 Å². The van der Waals surface area contributed by atoms with Crippen LogP contribution >= 0.6 is 11.6 Å². The van der Waals surface area contributed by atoms with E-state index in [1.165, 1.54) is 25.3 Å². The Morgan fingerprint density at radius 1 is 1.11 bits per heavy atom. The molecular weight excluding hydrogens is 474 g/mol. The summed E-state index contributed by atoms with van der Waals surface area (Å²) in [6.45, 7) is 4.11. The van der Waals surface area contributed by atoms with Gasteiger partial charge in [-0.1, -0.05) is 11.6 Å². The summed E-state index contributed by atoms with van der Waals surface area (Å²) in [6.07, 6.45) is 3.48. The standard InChI is InChI=1S/C16H24N6O.C7H6ClNO3/c1-21-7-9-22(10-8-21)12-3-4-13(14(11-12)23-2)16(18)5-6-19-15(17)20-16;1-12-7-4-5(8)2-3-6(7)9(10)11/h3-6,11H,7-10,18H2,1-2H3,(H3,17,19,20);2-4H,1H3. The number of methoxy groups -OCH3 is 2. The molecule has 4 rings (SSSR count). The van der Waals surface area contributed by atoms with E-state index in [-0.39, 0.29) is 11.4 Å². The SMILES string of the molecule is COc1cc(Cl)ccc1[N+](=O)[O-].COc1cc(N2CCN(C)CC2)ccc1C1(N)C=CNC(N)=N1. The number of halogens is 1. The van der Waals surface area contributed by atoms with Crippen LogP contribution in [0.15, 0.2) is 53.7 Å². The van der Waals surface area contributed by atoms with E-state index in [2.05, 4.69) is 33.2 Å². The van der Waals surface area contributed by atoms with Gasteiger partial charge in [0.15, 0.2) is 17.4 Å². The Kier molecular flexibility index (Phi) is 8.39. The zero-order valence-electron chi connectivity index (χ0n) is 19.9. The minimum atomic E-state index is -1.01. The topological polar surface area (TPSA) is 145 Å². The fraction of sp³-hybridized carbons (Fsp3) is 0.348. The van der Waals surface area contributed by atoms with Crippen molar-refractivity contribution < 1.29 is 14.4 Å². The highest BCUT2D eigenvalue weighted by atomic mass is 35.5. The van der Waals surface area contributed by atoms with E-state index in [9.17, 15) is 10.1 Å². The van der Waals surface area contributed by atoms with Crippen molar-refractivity contribution in [2.24, 2.45) is 16.5 Å². The van der Waals surface area contributed by atoms with Gasteiger partial charge in [0.05, 0.1) is 19.1 Å². The molecule has 2 aromatic rings. The van der Waals surface area contributed by atoms with Crippen LogP contribution in [0.3, 0.4) is 0 Å². The number of aliphatic imine (C=N–C) groups is 1. The summed E-state index contributed by atoms with van der Waals surface area (Å²) >= 11 is 5.60. The lowest BCUT2D eigenvalue weighted by atomic mass is 9.98. The van der Waals surface area contributed by atoms with E-state index < -0.39 is 10.6 Å². The number of nitro groups is 1. The molecule has 2 aliphatic rings. The van der Waals surface area contributed by atoms with Crippen LogP contribution < -0.4 is 31.2 Å². The van der Waals surface area contributed by atoms with Crippen molar-refractivity contribution in [3.05, 3.63) is 69.4 Å². The van der Waals surface area contributed by atoms with Gasteiger partial charge in [0.1, 0.15) is 5.75 Å². The highest BCUT2D eigenvalue weighted by Crippen LogP contribution is 2.35. The average Bonchev–Trinajstić information content (AvgIpc) is 2.84. The van der Waals surface area contributed by atoms with Crippen LogP contribution in [0.2, 0.25) is 5.02 Å². The first-order chi connectivity index (χ1) is 16.7. The molecule has 188 valence electrons. The summed E-state index contributed by atoms with van der Waals surface area (Å²) in [7, 11) is 5.15. The number of hydrogen-bond donors (Lipinski definition) is 3. The Morgan fingerprint density at radius 3 is 2.40 bits per heavy atom. The Balaban J connectivity index is 0.000000241. The number of nitrogens with zero attached hydrogens (tertiary/aromatic N) is 4. The highest BCUT2D eigenvalue weighted by Gasteiger charge is 2.30. The molecule has 1 saturated heterocycles. The molecule has 0 aromatic heterocycles. The van der Waals surface area contributed by atoms with E-state index in [0.717, 1.165) is 37.4 Å². The number of ether oxygens (including phenoxy) is 2. The lowest BCUT2D eigenvalue weighted by Crippen LogP contribution is -2.44. The summed E-state index contributed by atoms with van der Waals surface area (Å²) in [6, 6.07) is 10.2. The number of piperazine rings is 1. The van der Waals surface area contributed by atoms with Crippen LogP contribution in [-0.2, 0) is 5.66 Å². The van der Waals surface area contributed by atoms with Crippen molar-refractivity contribution in [1.29, 1.82) is 0 Å². The summed E-state index contributed by atoms with van der Waals surface area (Å²) in [5.41, 5.74) is 13.0. The van der Waals surface area contributed by atoms with Crippen LogP contribution in [-0.4, -0.2) is 63.2 Å². The monoisotopic (exact) mass is 503 g/mol. The zero-order chi connectivity index (χ0) is 25.6. The van der Waals surface area contributed by atoms with Gasteiger partial charge in [-0.05, 0) is 31.3 Å². The summed E-state index contributed by atoms with van der Waals surface area (Å²) in [5, 5.41) is 13.6. The van der Waals surface area contributed by atoms with Crippen molar-refractivity contribution in [2.75, 3.05) is 52.3 Å². The molecule has 0 amide bonds. The Morgan fingerprint density at radius 2 is 1.80 bits per heavy atom. The fourth-order valence-electron chi connectivity index (χ4n) is 3.75. The van der Waals surface area contributed by atoms with Gasteiger partial charge >= 0.3 is 5.69 Å². The number of guanidine groups is 1. The first-order valence-electron chi connectivity index (χ1n) is 10.8. The number of rotatable bonds is 5. The molecule has 12 heteroatoms. The normalized spacial score (nSPS) is 19.7. The number of hydrogen-bond acceptors (Lipinski definition) is 10. The van der Waals surface area contributed by atoms with Crippen molar-refractivity contribution in [3.63, 3.8) is 0 Å². The third-order valence-electron chi connectivity index (χ3n) is 5.70. The summed E-state index contributed by atoms with van der Waals surface area (Å²) in [5.74, 6) is 1.18. The van der Waals surface area contributed by atoms with Gasteiger partial charge in [-0.25, -0.2) is 4.99 Å². The van der Waals surface area contributed by atoms with E-state index in [1.54, 1.807) is 19.4 Å². The van der Waals surface area contributed by atoms with Gasteiger partial charge in [0.25, 0.3) is 0 Å². The van der Waals surface area contributed by atoms with Crippen molar-refractivity contribution >= 4 is 28.9 Å². The van der Waals surface area contributed by atoms with Gasteiger partial charge in [-0.3, -0.25) is 15.8 Å². The van der Waals surface area contributed by atoms with Gasteiger partial charge in [0.2, 0.25) is 0 Å². The first kappa shape index (κ1) is 26.1. The molecule has 2 aromatic carbocycles. The van der Waals surface area contributed by atoms with Crippen LogP contribution in [0, 0.1) is 10.1 Å². The molecule has 5 N–H and O–H groups in total. The van der Waals surface area contributed by atoms with Crippen LogP contribution in [0.5, 0.6) is 11.5 Å². The number of nitro benzene ring substituents is 1. The smallest absolute Gasteiger partial charge is 0.311 e. The molecule has 2 heterocycles. The second-order valence-corrected chi connectivity index (χ2v) is 8.48. The van der Waals surface area contributed by atoms with Crippen LogP contribution in [0.4, 0.5) is 11.4 Å². The zero-order valence-corrected chi connectivity index (χ0v) is 20.7. The number of likely N-dealkylation sites (N-methyl/N-ethyl adjacent to an activating group) is 1. The molecule has 1 fully saturated rings. The summed E-state index contributed by atoms with van der Waals surface area (Å²) < 4.78 is 10.3. The largest absolute Gasteiger partial charge is 0.496 e. The lowest BCUT2D eigenvalue weighted by Gasteiger charge is -2.35. The first-order valence-corrected chi connectivity index (χ1v) is 11.2. The maximum absolute atomic E-state index is 10.4. The molecule has 0 spiro atoms. The second kappa shape index (κ2) is 11.3. The van der Waals surface area contributed by atoms with Gasteiger partial charge < -0.3 is 30.3 Å². The van der Waals surface area contributed by atoms with Gasteiger partial charge in [-0.15, -0.1) is 0 Å². The Bertz CT molecular complexity index is 1120.